The molecule has 0 N–H and O–H groups in total. The maximum absolute atomic E-state index is 13.4. The zero-order valence-corrected chi connectivity index (χ0v) is 16.6. The number of ether oxygens (including phenoxy) is 1. The van der Waals surface area contributed by atoms with Crippen LogP contribution in [0.4, 0.5) is 5.69 Å². The van der Waals surface area contributed by atoms with Crippen molar-refractivity contribution in [3.8, 4) is 5.75 Å². The van der Waals surface area contributed by atoms with Gasteiger partial charge < -0.3 is 4.74 Å². The van der Waals surface area contributed by atoms with Gasteiger partial charge in [0, 0.05) is 5.02 Å². The van der Waals surface area contributed by atoms with Gasteiger partial charge in [-0.05, 0) is 61.0 Å². The predicted octanol–water partition coefficient (Wildman–Crippen LogP) is 5.31. The van der Waals surface area contributed by atoms with Gasteiger partial charge in [0.15, 0.2) is 0 Å². The van der Waals surface area contributed by atoms with Gasteiger partial charge in [0.05, 0.1) is 23.7 Å². The fraction of sp³-hybridized carbons (Fsp3) is 0.143. The maximum Gasteiger partial charge on any atom is 0.264 e. The van der Waals surface area contributed by atoms with Crippen LogP contribution in [0.2, 0.25) is 5.02 Å². The lowest BCUT2D eigenvalue weighted by Crippen LogP contribution is -2.33. The van der Waals surface area contributed by atoms with Gasteiger partial charge in [-0.1, -0.05) is 41.9 Å². The van der Waals surface area contributed by atoms with Crippen LogP contribution in [0, 0.1) is 0 Å². The number of benzene rings is 3. The molecule has 0 aliphatic rings. The number of halogens is 1. The van der Waals surface area contributed by atoms with E-state index in [-0.39, 0.29) is 4.90 Å². The smallest absolute Gasteiger partial charge is 0.264 e. The van der Waals surface area contributed by atoms with E-state index in [1.54, 1.807) is 61.7 Å². The van der Waals surface area contributed by atoms with Crippen LogP contribution in [0.3, 0.4) is 0 Å². The summed E-state index contributed by atoms with van der Waals surface area (Å²) in [5.41, 5.74) is 1.36. The van der Waals surface area contributed by atoms with Crippen LogP contribution in [0.1, 0.15) is 18.5 Å². The van der Waals surface area contributed by atoms with E-state index in [2.05, 4.69) is 0 Å². The molecule has 0 spiro atoms. The lowest BCUT2D eigenvalue weighted by Gasteiger charge is -2.31. The standard InChI is InChI=1S/C21H20ClNO3S/c1-16(17-7-6-8-20(15-17)26-2)23(19-13-11-18(22)12-14-19)27(24,25)21-9-4-3-5-10-21/h3-16H,1-2H3. The van der Waals surface area contributed by atoms with Gasteiger partial charge in [-0.2, -0.15) is 0 Å². The van der Waals surface area contributed by atoms with Crippen LogP contribution in [0.5, 0.6) is 5.75 Å². The number of hydrogen-bond donors (Lipinski definition) is 0. The lowest BCUT2D eigenvalue weighted by molar-refractivity contribution is 0.414. The van der Waals surface area contributed by atoms with Crippen molar-refractivity contribution >= 4 is 27.3 Å². The van der Waals surface area contributed by atoms with Gasteiger partial charge in [0.1, 0.15) is 5.75 Å². The third kappa shape index (κ3) is 4.10. The van der Waals surface area contributed by atoms with E-state index in [0.717, 1.165) is 5.56 Å². The summed E-state index contributed by atoms with van der Waals surface area (Å²) < 4.78 is 33.6. The largest absolute Gasteiger partial charge is 0.497 e. The van der Waals surface area contributed by atoms with Crippen LogP contribution < -0.4 is 9.04 Å². The Morgan fingerprint density at radius 3 is 2.22 bits per heavy atom. The second kappa shape index (κ2) is 8.03. The Labute approximate surface area is 165 Å². The highest BCUT2D eigenvalue weighted by Crippen LogP contribution is 2.34. The van der Waals surface area contributed by atoms with E-state index in [1.807, 2.05) is 31.2 Å². The zero-order valence-electron chi connectivity index (χ0n) is 15.0. The monoisotopic (exact) mass is 401 g/mol. The molecule has 0 bridgehead atoms. The van der Waals surface area contributed by atoms with E-state index in [0.29, 0.717) is 16.5 Å². The molecular weight excluding hydrogens is 382 g/mol. The minimum atomic E-state index is -3.78. The van der Waals surface area contributed by atoms with Crippen LogP contribution >= 0.6 is 11.6 Å². The highest BCUT2D eigenvalue weighted by molar-refractivity contribution is 7.92. The molecule has 0 aliphatic heterocycles. The van der Waals surface area contributed by atoms with Gasteiger partial charge in [-0.3, -0.25) is 4.31 Å². The molecule has 1 atom stereocenters. The predicted molar refractivity (Wildman–Crippen MR) is 109 cm³/mol. The first kappa shape index (κ1) is 19.3. The average molecular weight is 402 g/mol. The van der Waals surface area contributed by atoms with Crippen molar-refractivity contribution in [3.05, 3.63) is 89.4 Å². The molecule has 0 heterocycles. The summed E-state index contributed by atoms with van der Waals surface area (Å²) in [6, 6.07) is 22.1. The molecule has 4 nitrogen and oxygen atoms in total. The molecule has 1 unspecified atom stereocenters. The van der Waals surface area contributed by atoms with Crippen LogP contribution in [0.25, 0.3) is 0 Å². The molecule has 0 saturated carbocycles. The molecule has 0 radical (unpaired) electrons. The van der Waals surface area contributed by atoms with Gasteiger partial charge in [0.25, 0.3) is 10.0 Å². The molecule has 3 rings (SSSR count). The molecule has 3 aromatic rings. The summed E-state index contributed by atoms with van der Waals surface area (Å²) in [5, 5.41) is 0.546. The molecule has 0 fully saturated rings. The molecule has 6 heteroatoms. The number of methoxy groups -OCH3 is 1. The van der Waals surface area contributed by atoms with Crippen LogP contribution in [-0.2, 0) is 10.0 Å². The number of nitrogens with zero attached hydrogens (tertiary/aromatic N) is 1. The summed E-state index contributed by atoms with van der Waals surface area (Å²) in [6.45, 7) is 1.85. The van der Waals surface area contributed by atoms with Crippen molar-refractivity contribution in [2.24, 2.45) is 0 Å². The Kier molecular flexibility index (Phi) is 5.73. The van der Waals surface area contributed by atoms with E-state index < -0.39 is 16.1 Å². The van der Waals surface area contributed by atoms with Crippen molar-refractivity contribution in [2.75, 3.05) is 11.4 Å². The molecule has 27 heavy (non-hydrogen) atoms. The fourth-order valence-corrected chi connectivity index (χ4v) is 4.69. The molecule has 0 amide bonds. The Morgan fingerprint density at radius 2 is 1.59 bits per heavy atom. The molecule has 0 saturated heterocycles. The minimum Gasteiger partial charge on any atom is -0.497 e. The van der Waals surface area contributed by atoms with E-state index in [9.17, 15) is 8.42 Å². The van der Waals surface area contributed by atoms with Gasteiger partial charge in [-0.15, -0.1) is 0 Å². The third-order valence-corrected chi connectivity index (χ3v) is 6.47. The van der Waals surface area contributed by atoms with Gasteiger partial charge in [0.2, 0.25) is 0 Å². The molecule has 0 aromatic heterocycles. The topological polar surface area (TPSA) is 46.6 Å². The molecule has 140 valence electrons. The number of sulfonamides is 1. The van der Waals surface area contributed by atoms with Crippen LogP contribution in [-0.4, -0.2) is 15.5 Å². The Bertz CT molecular complexity index is 1010. The summed E-state index contributed by atoms with van der Waals surface area (Å²) >= 11 is 6.00. The van der Waals surface area contributed by atoms with Gasteiger partial charge in [-0.25, -0.2) is 8.42 Å². The zero-order chi connectivity index (χ0) is 19.4. The Morgan fingerprint density at radius 1 is 0.926 bits per heavy atom. The third-order valence-electron chi connectivity index (χ3n) is 4.31. The second-order valence-electron chi connectivity index (χ2n) is 6.04. The normalized spacial score (nSPS) is 12.4. The summed E-state index contributed by atoms with van der Waals surface area (Å²) in [4.78, 5) is 0.231. The minimum absolute atomic E-state index is 0.231. The highest BCUT2D eigenvalue weighted by atomic mass is 35.5. The van der Waals surface area contributed by atoms with Crippen LogP contribution in [0.15, 0.2) is 83.8 Å². The fourth-order valence-electron chi connectivity index (χ4n) is 2.90. The summed E-state index contributed by atoms with van der Waals surface area (Å²) in [5.74, 6) is 0.674. The average Bonchev–Trinajstić information content (AvgIpc) is 2.70. The first-order valence-electron chi connectivity index (χ1n) is 8.42. The molecular formula is C21H20ClNO3S. The van der Waals surface area contributed by atoms with Crippen molar-refractivity contribution in [1.82, 2.24) is 0 Å². The lowest BCUT2D eigenvalue weighted by atomic mass is 10.1. The van der Waals surface area contributed by atoms with Crippen molar-refractivity contribution in [2.45, 2.75) is 17.9 Å². The quantitative estimate of drug-likeness (QED) is 0.562. The van der Waals surface area contributed by atoms with Crippen molar-refractivity contribution in [1.29, 1.82) is 0 Å². The Balaban J connectivity index is 2.14. The van der Waals surface area contributed by atoms with Crippen molar-refractivity contribution in [3.63, 3.8) is 0 Å². The first-order valence-corrected chi connectivity index (χ1v) is 10.2. The molecule has 0 aliphatic carbocycles. The number of rotatable bonds is 6. The van der Waals surface area contributed by atoms with E-state index >= 15 is 0 Å². The summed E-state index contributed by atoms with van der Waals surface area (Å²) in [6.07, 6.45) is 0. The first-order chi connectivity index (χ1) is 12.9. The van der Waals surface area contributed by atoms with E-state index in [4.69, 9.17) is 16.3 Å². The van der Waals surface area contributed by atoms with Crippen molar-refractivity contribution < 1.29 is 13.2 Å². The highest BCUT2D eigenvalue weighted by Gasteiger charge is 2.30. The van der Waals surface area contributed by atoms with E-state index in [1.165, 1.54) is 4.31 Å². The molecule has 3 aromatic carbocycles. The second-order valence-corrected chi connectivity index (χ2v) is 8.29. The summed E-state index contributed by atoms with van der Waals surface area (Å²) in [7, 11) is -2.20. The SMILES string of the molecule is COc1cccc(C(C)N(c2ccc(Cl)cc2)S(=O)(=O)c2ccccc2)c1. The van der Waals surface area contributed by atoms with Gasteiger partial charge >= 0.3 is 0 Å². The number of hydrogen-bond acceptors (Lipinski definition) is 3. The Hall–Kier alpha value is -2.50. The maximum atomic E-state index is 13.4. The number of anilines is 1.